The lowest BCUT2D eigenvalue weighted by Crippen LogP contribution is -2.31. The second-order valence-electron chi connectivity index (χ2n) is 5.21. The maximum absolute atomic E-state index is 14.1. The summed E-state index contributed by atoms with van der Waals surface area (Å²) in [6, 6.07) is 5.98. The molecule has 0 spiro atoms. The number of carbonyl (C=O) groups excluding carboxylic acids is 1. The van der Waals surface area contributed by atoms with Gasteiger partial charge in [-0.1, -0.05) is 0 Å². The molecule has 0 fully saturated rings. The number of nitrogens with one attached hydrogen (secondary N) is 1. The van der Waals surface area contributed by atoms with Crippen molar-refractivity contribution >= 4 is 11.7 Å². The Kier molecular flexibility index (Phi) is 2.72. The number of hydrogen-bond acceptors (Lipinski definition) is 3. The van der Waals surface area contributed by atoms with Crippen LogP contribution in [0.2, 0.25) is 0 Å². The molecule has 110 valence electrons. The molecule has 1 aromatic rings. The first-order chi connectivity index (χ1) is 10.6. The van der Waals surface area contributed by atoms with E-state index < -0.39 is 11.7 Å². The third kappa shape index (κ3) is 1.88. The Balaban J connectivity index is 1.85. The number of aliphatic imine (C=N–C) groups is 1. The van der Waals surface area contributed by atoms with Gasteiger partial charge in [-0.2, -0.15) is 0 Å². The number of amidine groups is 1. The van der Waals surface area contributed by atoms with Crippen molar-refractivity contribution in [3.8, 4) is 0 Å². The van der Waals surface area contributed by atoms with Gasteiger partial charge in [0.05, 0.1) is 11.3 Å². The van der Waals surface area contributed by atoms with E-state index in [1.807, 2.05) is 4.90 Å². The second kappa shape index (κ2) is 4.62. The highest BCUT2D eigenvalue weighted by molar-refractivity contribution is 6.03. The van der Waals surface area contributed by atoms with Gasteiger partial charge in [-0.3, -0.25) is 4.79 Å². The molecule has 0 aromatic heterocycles. The highest BCUT2D eigenvalue weighted by Crippen LogP contribution is 2.37. The van der Waals surface area contributed by atoms with Crippen LogP contribution in [0.3, 0.4) is 0 Å². The minimum atomic E-state index is -0.601. The maximum atomic E-state index is 14.1. The van der Waals surface area contributed by atoms with E-state index in [2.05, 4.69) is 10.3 Å². The molecule has 0 unspecified atom stereocenters. The van der Waals surface area contributed by atoms with Crippen molar-refractivity contribution in [2.24, 2.45) is 4.99 Å². The summed E-state index contributed by atoms with van der Waals surface area (Å²) in [6.07, 6.45) is 2.95. The molecule has 1 N–H and O–H groups in total. The van der Waals surface area contributed by atoms with Gasteiger partial charge in [-0.25, -0.2) is 13.8 Å². The largest absolute Gasteiger partial charge is 0.324 e. The number of allylic oxidation sites excluding steroid dienone is 1. The smallest absolute Gasteiger partial charge is 0.251 e. The average Bonchev–Trinajstić information content (AvgIpc) is 2.85. The summed E-state index contributed by atoms with van der Waals surface area (Å²) in [7, 11) is 0. The Morgan fingerprint density at radius 1 is 1.18 bits per heavy atom. The first-order valence-corrected chi connectivity index (χ1v) is 6.87. The van der Waals surface area contributed by atoms with Crippen LogP contribution in [0.4, 0.5) is 8.78 Å². The molecule has 3 heterocycles. The van der Waals surface area contributed by atoms with E-state index >= 15 is 0 Å². The quantitative estimate of drug-likeness (QED) is 0.865. The topological polar surface area (TPSA) is 44.7 Å². The van der Waals surface area contributed by atoms with E-state index in [0.717, 1.165) is 11.6 Å². The van der Waals surface area contributed by atoms with Gasteiger partial charge in [0.25, 0.3) is 5.91 Å². The predicted octanol–water partition coefficient (Wildman–Crippen LogP) is 2.37. The normalized spacial score (nSPS) is 20.0. The summed E-state index contributed by atoms with van der Waals surface area (Å²) in [5, 5.41) is 2.71. The Morgan fingerprint density at radius 2 is 1.95 bits per heavy atom. The fraction of sp³-hybridized carbons (Fsp3) is 0.125. The van der Waals surface area contributed by atoms with E-state index in [1.165, 1.54) is 18.3 Å². The number of halogens is 2. The monoisotopic (exact) mass is 299 g/mol. The van der Waals surface area contributed by atoms with Gasteiger partial charge in [0, 0.05) is 36.5 Å². The van der Waals surface area contributed by atoms with Gasteiger partial charge in [0.15, 0.2) is 0 Å². The van der Waals surface area contributed by atoms with E-state index in [4.69, 9.17) is 0 Å². The van der Waals surface area contributed by atoms with Crippen molar-refractivity contribution in [2.75, 3.05) is 6.54 Å². The highest BCUT2D eigenvalue weighted by Gasteiger charge is 2.35. The maximum Gasteiger partial charge on any atom is 0.251 e. The predicted molar refractivity (Wildman–Crippen MR) is 76.7 cm³/mol. The number of amides is 1. The van der Waals surface area contributed by atoms with Crippen LogP contribution in [-0.2, 0) is 4.79 Å². The van der Waals surface area contributed by atoms with E-state index in [-0.39, 0.29) is 5.82 Å². The third-order valence-corrected chi connectivity index (χ3v) is 3.86. The van der Waals surface area contributed by atoms with Crippen LogP contribution in [0.5, 0.6) is 0 Å². The number of nitrogens with zero attached hydrogens (tertiary/aromatic N) is 2. The molecule has 0 saturated carbocycles. The van der Waals surface area contributed by atoms with Crippen LogP contribution in [0, 0.1) is 5.82 Å². The van der Waals surface area contributed by atoms with Crippen molar-refractivity contribution < 1.29 is 13.6 Å². The minimum absolute atomic E-state index is 0.303. The molecule has 4 rings (SSSR count). The first kappa shape index (κ1) is 12.9. The molecular weight excluding hydrogens is 288 g/mol. The summed E-state index contributed by atoms with van der Waals surface area (Å²) in [4.78, 5) is 17.8. The standard InChI is InChI=1S/C16H11F2N3O/c17-10-3-1-9(2-4-10)16-19-8-11-12(18)7-14(22)20-13-5-6-21(16)15(11)13/h1-4,7-8H,5-6H2,(H,20,22). The number of carbonyl (C=O) groups is 1. The number of benzene rings is 1. The lowest BCUT2D eigenvalue weighted by molar-refractivity contribution is -0.115. The molecule has 3 aliphatic rings. The third-order valence-electron chi connectivity index (χ3n) is 3.86. The summed E-state index contributed by atoms with van der Waals surface area (Å²) in [6.45, 7) is 0.589. The molecule has 4 nitrogen and oxygen atoms in total. The Morgan fingerprint density at radius 3 is 2.73 bits per heavy atom. The highest BCUT2D eigenvalue weighted by atomic mass is 19.1. The molecule has 1 amide bonds. The summed E-state index contributed by atoms with van der Waals surface area (Å²) in [5.74, 6) is -0.775. The second-order valence-corrected chi connectivity index (χ2v) is 5.21. The Labute approximate surface area is 125 Å². The van der Waals surface area contributed by atoms with Gasteiger partial charge >= 0.3 is 0 Å². The SMILES string of the molecule is O=C1C=C(F)C2=CN=C(c3ccc(F)cc3)N3CCC(=C23)N1. The molecule has 0 saturated heterocycles. The number of hydrogen-bond donors (Lipinski definition) is 1. The first-order valence-electron chi connectivity index (χ1n) is 6.87. The lowest BCUT2D eigenvalue weighted by atomic mass is 10.1. The molecule has 1 aromatic carbocycles. The summed E-state index contributed by atoms with van der Waals surface area (Å²) < 4.78 is 27.2. The Bertz CT molecular complexity index is 803. The van der Waals surface area contributed by atoms with Crippen LogP contribution < -0.4 is 5.32 Å². The zero-order valence-corrected chi connectivity index (χ0v) is 11.4. The van der Waals surface area contributed by atoms with Crippen molar-refractivity contribution in [3.05, 3.63) is 70.7 Å². The zero-order valence-electron chi connectivity index (χ0n) is 11.4. The van der Waals surface area contributed by atoms with Crippen LogP contribution in [0.15, 0.2) is 64.3 Å². The van der Waals surface area contributed by atoms with Crippen molar-refractivity contribution in [1.29, 1.82) is 0 Å². The molecule has 0 aliphatic carbocycles. The molecule has 3 aliphatic heterocycles. The molecule has 0 atom stereocenters. The van der Waals surface area contributed by atoms with Gasteiger partial charge in [0.1, 0.15) is 17.5 Å². The van der Waals surface area contributed by atoms with Crippen LogP contribution in [0.1, 0.15) is 12.0 Å². The lowest BCUT2D eigenvalue weighted by Gasteiger charge is -2.27. The molecule has 22 heavy (non-hydrogen) atoms. The van der Waals surface area contributed by atoms with Crippen LogP contribution >= 0.6 is 0 Å². The average molecular weight is 299 g/mol. The zero-order chi connectivity index (χ0) is 15.3. The summed E-state index contributed by atoms with van der Waals surface area (Å²) >= 11 is 0. The Hall–Kier alpha value is -2.76. The van der Waals surface area contributed by atoms with Crippen molar-refractivity contribution in [1.82, 2.24) is 10.2 Å². The molecule has 6 heteroatoms. The van der Waals surface area contributed by atoms with E-state index in [1.54, 1.807) is 12.1 Å². The molecule has 0 bridgehead atoms. The minimum Gasteiger partial charge on any atom is -0.324 e. The van der Waals surface area contributed by atoms with Gasteiger partial charge in [-0.05, 0) is 24.3 Å². The number of rotatable bonds is 1. The summed E-state index contributed by atoms with van der Waals surface area (Å²) in [5.41, 5.74) is 2.37. The molecular formula is C16H11F2N3O. The van der Waals surface area contributed by atoms with Crippen LogP contribution in [0.25, 0.3) is 0 Å². The van der Waals surface area contributed by atoms with Crippen molar-refractivity contribution in [3.63, 3.8) is 0 Å². The van der Waals surface area contributed by atoms with Crippen LogP contribution in [-0.4, -0.2) is 23.2 Å². The van der Waals surface area contributed by atoms with E-state index in [0.29, 0.717) is 35.8 Å². The van der Waals surface area contributed by atoms with Gasteiger partial charge < -0.3 is 10.2 Å². The fourth-order valence-corrected chi connectivity index (χ4v) is 2.90. The fourth-order valence-electron chi connectivity index (χ4n) is 2.90. The van der Waals surface area contributed by atoms with Crippen molar-refractivity contribution in [2.45, 2.75) is 6.42 Å². The van der Waals surface area contributed by atoms with E-state index in [9.17, 15) is 13.6 Å². The van der Waals surface area contributed by atoms with Gasteiger partial charge in [-0.15, -0.1) is 0 Å². The molecule has 0 radical (unpaired) electrons. The van der Waals surface area contributed by atoms with Gasteiger partial charge in [0.2, 0.25) is 0 Å².